The van der Waals surface area contributed by atoms with Crippen molar-refractivity contribution in [3.8, 4) is 0 Å². The minimum atomic E-state index is -0.407. The second-order valence-electron chi connectivity index (χ2n) is 6.80. The van der Waals surface area contributed by atoms with E-state index in [4.69, 9.17) is 4.74 Å². The van der Waals surface area contributed by atoms with Crippen LogP contribution in [0.2, 0.25) is 0 Å². The van der Waals surface area contributed by atoms with Gasteiger partial charge in [0.05, 0.1) is 6.10 Å². The van der Waals surface area contributed by atoms with E-state index in [2.05, 4.69) is 40.8 Å². The highest BCUT2D eigenvalue weighted by molar-refractivity contribution is 7.09. The molecule has 0 saturated heterocycles. The van der Waals surface area contributed by atoms with Crippen LogP contribution in [0.5, 0.6) is 0 Å². The number of benzene rings is 1. The molecule has 0 spiro atoms. The van der Waals surface area contributed by atoms with Gasteiger partial charge in [-0.05, 0) is 31.5 Å². The Balaban J connectivity index is 1.90. The Kier molecular flexibility index (Phi) is 5.77. The van der Waals surface area contributed by atoms with E-state index in [-0.39, 0.29) is 11.5 Å². The highest BCUT2D eigenvalue weighted by Gasteiger charge is 2.19. The number of hydrogen-bond acceptors (Lipinski definition) is 6. The monoisotopic (exact) mass is 348 g/mol. The molecule has 24 heavy (non-hydrogen) atoms. The summed E-state index contributed by atoms with van der Waals surface area (Å²) in [6.07, 6.45) is -0.530. The van der Waals surface area contributed by atoms with Gasteiger partial charge in [-0.15, -0.1) is 0 Å². The van der Waals surface area contributed by atoms with Crippen molar-refractivity contribution in [3.63, 3.8) is 0 Å². The molecule has 0 unspecified atom stereocenters. The van der Waals surface area contributed by atoms with Crippen LogP contribution in [0.4, 0.5) is 15.6 Å². The van der Waals surface area contributed by atoms with E-state index in [9.17, 15) is 4.79 Å². The van der Waals surface area contributed by atoms with Crippen molar-refractivity contribution in [2.45, 2.75) is 52.7 Å². The van der Waals surface area contributed by atoms with Crippen molar-refractivity contribution in [2.75, 3.05) is 5.32 Å². The first-order valence-corrected chi connectivity index (χ1v) is 8.66. The van der Waals surface area contributed by atoms with Crippen molar-refractivity contribution in [2.24, 2.45) is 0 Å². The van der Waals surface area contributed by atoms with Gasteiger partial charge in [-0.3, -0.25) is 0 Å². The van der Waals surface area contributed by atoms with E-state index >= 15 is 0 Å². The summed E-state index contributed by atoms with van der Waals surface area (Å²) in [6.45, 7) is 10.3. The molecule has 1 heterocycles. The maximum Gasteiger partial charge on any atom is 0.407 e. The molecule has 1 amide bonds. The summed E-state index contributed by atoms with van der Waals surface area (Å²) in [7, 11) is 0. The number of anilines is 2. The first kappa shape index (κ1) is 18.2. The molecule has 1 aromatic carbocycles. The lowest BCUT2D eigenvalue weighted by Gasteiger charge is -2.12. The third-order valence-corrected chi connectivity index (χ3v) is 3.71. The van der Waals surface area contributed by atoms with Crippen LogP contribution in [0.25, 0.3) is 0 Å². The molecular weight excluding hydrogens is 324 g/mol. The van der Waals surface area contributed by atoms with Gasteiger partial charge < -0.3 is 15.4 Å². The summed E-state index contributed by atoms with van der Waals surface area (Å²) in [6, 6.07) is 7.79. The fraction of sp³-hybridized carbons (Fsp3) is 0.471. The molecule has 0 fully saturated rings. The van der Waals surface area contributed by atoms with Crippen molar-refractivity contribution in [1.29, 1.82) is 0 Å². The number of carbonyl (C=O) groups excluding carboxylic acids is 1. The van der Waals surface area contributed by atoms with Gasteiger partial charge >= 0.3 is 6.09 Å². The van der Waals surface area contributed by atoms with Gasteiger partial charge in [-0.1, -0.05) is 32.9 Å². The van der Waals surface area contributed by atoms with Crippen LogP contribution in [-0.4, -0.2) is 21.6 Å². The number of amides is 1. The van der Waals surface area contributed by atoms with Crippen molar-refractivity contribution >= 4 is 28.4 Å². The van der Waals surface area contributed by atoms with Crippen LogP contribution in [0, 0.1) is 0 Å². The zero-order chi connectivity index (χ0) is 17.7. The molecule has 2 N–H and O–H groups in total. The number of carbonyl (C=O) groups is 1. The molecule has 0 aliphatic carbocycles. The van der Waals surface area contributed by atoms with Crippen LogP contribution in [0.1, 0.15) is 46.0 Å². The topological polar surface area (TPSA) is 76.1 Å². The molecule has 0 radical (unpaired) electrons. The lowest BCUT2D eigenvalue weighted by atomic mass is 9.96. The fourth-order valence-corrected chi connectivity index (χ4v) is 2.62. The second-order valence-corrected chi connectivity index (χ2v) is 7.55. The van der Waals surface area contributed by atoms with Crippen LogP contribution < -0.4 is 10.6 Å². The molecule has 0 atom stereocenters. The summed E-state index contributed by atoms with van der Waals surface area (Å²) in [4.78, 5) is 16.0. The highest BCUT2D eigenvalue weighted by atomic mass is 32.1. The Hall–Kier alpha value is -2.15. The Morgan fingerprint density at radius 3 is 2.46 bits per heavy atom. The van der Waals surface area contributed by atoms with Crippen molar-refractivity contribution in [1.82, 2.24) is 14.7 Å². The standard InChI is InChI=1S/C17H24N4O2S/c1-11(2)23-16(22)18-10-12-6-8-13(9-7-12)19-15-20-14(21-24-15)17(3,4)5/h6-9,11H,10H2,1-5H3,(H,18,22)(H,19,20,21). The number of rotatable bonds is 5. The van der Waals surface area contributed by atoms with Gasteiger partial charge in [0.25, 0.3) is 0 Å². The first-order valence-electron chi connectivity index (χ1n) is 7.88. The molecule has 2 aromatic rings. The smallest absolute Gasteiger partial charge is 0.407 e. The Morgan fingerprint density at radius 2 is 1.92 bits per heavy atom. The van der Waals surface area contributed by atoms with Crippen LogP contribution >= 0.6 is 11.5 Å². The van der Waals surface area contributed by atoms with E-state index in [1.807, 2.05) is 38.1 Å². The molecule has 0 bridgehead atoms. The molecule has 7 heteroatoms. The minimum absolute atomic E-state index is 0.0590. The van der Waals surface area contributed by atoms with Gasteiger partial charge in [0.2, 0.25) is 5.13 Å². The average molecular weight is 348 g/mol. The Labute approximate surface area is 146 Å². The summed E-state index contributed by atoms with van der Waals surface area (Å²) < 4.78 is 9.41. The first-order chi connectivity index (χ1) is 11.2. The molecular formula is C17H24N4O2S. The lowest BCUT2D eigenvalue weighted by molar-refractivity contribution is 0.115. The zero-order valence-corrected chi connectivity index (χ0v) is 15.5. The normalized spacial score (nSPS) is 11.4. The fourth-order valence-electron chi connectivity index (χ4n) is 1.84. The maximum absolute atomic E-state index is 11.5. The van der Waals surface area contributed by atoms with Crippen molar-refractivity contribution < 1.29 is 9.53 Å². The molecule has 0 aliphatic heterocycles. The molecule has 0 saturated carbocycles. The summed E-state index contributed by atoms with van der Waals surface area (Å²) >= 11 is 1.35. The van der Waals surface area contributed by atoms with Gasteiger partial charge in [0.1, 0.15) is 5.82 Å². The van der Waals surface area contributed by atoms with Gasteiger partial charge in [-0.25, -0.2) is 9.78 Å². The molecule has 2 rings (SSSR count). The highest BCUT2D eigenvalue weighted by Crippen LogP contribution is 2.25. The zero-order valence-electron chi connectivity index (χ0n) is 14.7. The molecule has 130 valence electrons. The van der Waals surface area contributed by atoms with Gasteiger partial charge in [0.15, 0.2) is 0 Å². The third kappa shape index (κ3) is 5.49. The average Bonchev–Trinajstić information content (AvgIpc) is 2.94. The predicted molar refractivity (Wildman–Crippen MR) is 96.8 cm³/mol. The van der Waals surface area contributed by atoms with E-state index in [1.54, 1.807) is 0 Å². The summed E-state index contributed by atoms with van der Waals surface area (Å²) in [5.41, 5.74) is 1.87. The van der Waals surface area contributed by atoms with Gasteiger partial charge in [-0.2, -0.15) is 4.37 Å². The summed E-state index contributed by atoms with van der Waals surface area (Å²) in [5, 5.41) is 6.73. The van der Waals surface area contributed by atoms with E-state index in [0.717, 1.165) is 22.2 Å². The number of nitrogens with one attached hydrogen (secondary N) is 2. The Morgan fingerprint density at radius 1 is 1.25 bits per heavy atom. The lowest BCUT2D eigenvalue weighted by Crippen LogP contribution is -2.26. The number of nitrogens with zero attached hydrogens (tertiary/aromatic N) is 2. The van der Waals surface area contributed by atoms with Crippen LogP contribution in [0.15, 0.2) is 24.3 Å². The number of ether oxygens (including phenoxy) is 1. The SMILES string of the molecule is CC(C)OC(=O)NCc1ccc(Nc2nc(C(C)(C)C)ns2)cc1. The van der Waals surface area contributed by atoms with E-state index < -0.39 is 6.09 Å². The minimum Gasteiger partial charge on any atom is -0.447 e. The maximum atomic E-state index is 11.5. The number of hydrogen-bond donors (Lipinski definition) is 2. The van der Waals surface area contributed by atoms with Crippen molar-refractivity contribution in [3.05, 3.63) is 35.7 Å². The molecule has 0 aliphatic rings. The predicted octanol–water partition coefficient (Wildman–Crippen LogP) is 4.21. The Bertz CT molecular complexity index is 675. The van der Waals surface area contributed by atoms with Gasteiger partial charge in [0, 0.05) is 29.2 Å². The molecule has 6 nitrogen and oxygen atoms in total. The third-order valence-electron chi connectivity index (χ3n) is 3.08. The second kappa shape index (κ2) is 7.61. The van der Waals surface area contributed by atoms with Crippen LogP contribution in [-0.2, 0) is 16.7 Å². The quantitative estimate of drug-likeness (QED) is 0.846. The molecule has 1 aromatic heterocycles. The largest absolute Gasteiger partial charge is 0.447 e. The van der Waals surface area contributed by atoms with E-state index in [1.165, 1.54) is 11.5 Å². The van der Waals surface area contributed by atoms with E-state index in [0.29, 0.717) is 6.54 Å². The van der Waals surface area contributed by atoms with Crippen LogP contribution in [0.3, 0.4) is 0 Å². The summed E-state index contributed by atoms with van der Waals surface area (Å²) in [5.74, 6) is 0.833. The number of alkyl carbamates (subject to hydrolysis) is 1. The number of aromatic nitrogens is 2.